The Bertz CT molecular complexity index is 1110. The molecular formula is C22H23N7O2. The van der Waals surface area contributed by atoms with Gasteiger partial charge in [0.15, 0.2) is 11.5 Å². The molecule has 158 valence electrons. The van der Waals surface area contributed by atoms with E-state index in [4.69, 9.17) is 21.6 Å². The van der Waals surface area contributed by atoms with Gasteiger partial charge in [0, 0.05) is 25.2 Å². The van der Waals surface area contributed by atoms with Gasteiger partial charge in [-0.15, -0.1) is 0 Å². The van der Waals surface area contributed by atoms with Crippen molar-refractivity contribution in [2.75, 3.05) is 19.8 Å². The van der Waals surface area contributed by atoms with E-state index in [9.17, 15) is 4.79 Å². The molecule has 0 fully saturated rings. The van der Waals surface area contributed by atoms with Crippen molar-refractivity contribution < 1.29 is 9.53 Å². The van der Waals surface area contributed by atoms with Gasteiger partial charge in [-0.25, -0.2) is 15.0 Å². The van der Waals surface area contributed by atoms with E-state index < -0.39 is 0 Å². The van der Waals surface area contributed by atoms with E-state index in [1.54, 1.807) is 38.4 Å². The molecule has 1 amide bonds. The molecule has 3 rings (SSSR count). The molecule has 0 aliphatic heterocycles. The zero-order valence-corrected chi connectivity index (χ0v) is 17.2. The number of carbonyl (C=O) groups is 1. The highest BCUT2D eigenvalue weighted by atomic mass is 16.5. The first-order chi connectivity index (χ1) is 14.8. The van der Waals surface area contributed by atoms with Crippen LogP contribution in [0.3, 0.4) is 0 Å². The quantitative estimate of drug-likeness (QED) is 0.429. The Balaban J connectivity index is 1.76. The second kappa shape index (κ2) is 9.49. The van der Waals surface area contributed by atoms with Crippen LogP contribution >= 0.6 is 0 Å². The first kappa shape index (κ1) is 21.4. The average Bonchev–Trinajstić information content (AvgIpc) is 2.78. The number of rotatable bonds is 5. The third-order valence-corrected chi connectivity index (χ3v) is 4.32. The highest BCUT2D eigenvalue weighted by Gasteiger charge is 2.15. The molecule has 0 spiro atoms. The van der Waals surface area contributed by atoms with Crippen molar-refractivity contribution in [3.05, 3.63) is 77.6 Å². The average molecular weight is 417 g/mol. The van der Waals surface area contributed by atoms with Crippen molar-refractivity contribution in [3.8, 4) is 11.3 Å². The first-order valence-corrected chi connectivity index (χ1v) is 9.40. The lowest BCUT2D eigenvalue weighted by molar-refractivity contribution is 0.0827. The Morgan fingerprint density at radius 2 is 1.81 bits per heavy atom. The van der Waals surface area contributed by atoms with E-state index in [2.05, 4.69) is 15.0 Å². The molecule has 0 saturated carbocycles. The SMILES string of the molecule is CN(C)C(=O)c1ccc(-c2cnc(N)c(C(=N)OC(N)=NCc3ccccc3)n2)cc1. The molecule has 5 N–H and O–H groups in total. The fourth-order valence-electron chi connectivity index (χ4n) is 2.68. The fourth-order valence-corrected chi connectivity index (χ4v) is 2.68. The molecule has 0 saturated heterocycles. The van der Waals surface area contributed by atoms with E-state index in [1.165, 1.54) is 11.1 Å². The van der Waals surface area contributed by atoms with Gasteiger partial charge in [-0.05, 0) is 17.7 Å². The summed E-state index contributed by atoms with van der Waals surface area (Å²) in [5, 5.41) is 8.16. The molecule has 31 heavy (non-hydrogen) atoms. The second-order valence-corrected chi connectivity index (χ2v) is 6.84. The van der Waals surface area contributed by atoms with Crippen molar-refractivity contribution in [2.24, 2.45) is 10.7 Å². The highest BCUT2D eigenvalue weighted by Crippen LogP contribution is 2.20. The molecule has 0 atom stereocenters. The van der Waals surface area contributed by atoms with Crippen LogP contribution in [0.2, 0.25) is 0 Å². The Kier molecular flexibility index (Phi) is 6.56. The van der Waals surface area contributed by atoms with Crippen LogP contribution in [0.5, 0.6) is 0 Å². The van der Waals surface area contributed by atoms with Crippen molar-refractivity contribution in [2.45, 2.75) is 6.54 Å². The molecule has 0 unspecified atom stereocenters. The molecule has 2 aromatic carbocycles. The number of nitrogens with zero attached hydrogens (tertiary/aromatic N) is 4. The molecule has 1 heterocycles. The largest absolute Gasteiger partial charge is 0.405 e. The summed E-state index contributed by atoms with van der Waals surface area (Å²) in [6, 6.07) is 16.2. The number of nitrogen functional groups attached to an aromatic ring is 1. The van der Waals surface area contributed by atoms with Crippen LogP contribution in [0, 0.1) is 5.41 Å². The van der Waals surface area contributed by atoms with Gasteiger partial charge in [0.05, 0.1) is 18.4 Å². The predicted molar refractivity (Wildman–Crippen MR) is 120 cm³/mol. The second-order valence-electron chi connectivity index (χ2n) is 6.84. The number of hydrogen-bond donors (Lipinski definition) is 3. The molecule has 9 nitrogen and oxygen atoms in total. The maximum Gasteiger partial charge on any atom is 0.289 e. The van der Waals surface area contributed by atoms with Crippen molar-refractivity contribution in [1.29, 1.82) is 5.41 Å². The number of ether oxygens (including phenoxy) is 1. The minimum atomic E-state index is -0.361. The van der Waals surface area contributed by atoms with Gasteiger partial charge < -0.3 is 21.1 Å². The standard InChI is InChI=1S/C22H23N7O2/c1-29(2)21(30)16-10-8-15(9-11-16)17-13-26-19(23)18(28-17)20(24)31-22(25)27-12-14-6-4-3-5-7-14/h3-11,13,24H,12H2,1-2H3,(H2,23,26)(H2,25,27). The number of hydrogen-bond acceptors (Lipinski definition) is 7. The highest BCUT2D eigenvalue weighted by molar-refractivity contribution is 6.00. The Morgan fingerprint density at radius 1 is 1.13 bits per heavy atom. The number of aromatic nitrogens is 2. The normalized spacial score (nSPS) is 11.1. The minimum Gasteiger partial charge on any atom is -0.405 e. The number of amidine groups is 1. The van der Waals surface area contributed by atoms with E-state index in [0.29, 0.717) is 23.4 Å². The van der Waals surface area contributed by atoms with Gasteiger partial charge in [-0.2, -0.15) is 0 Å². The lowest BCUT2D eigenvalue weighted by atomic mass is 10.1. The zero-order valence-electron chi connectivity index (χ0n) is 17.2. The topological polar surface area (TPSA) is 144 Å². The van der Waals surface area contributed by atoms with Gasteiger partial charge >= 0.3 is 0 Å². The Labute approximate surface area is 179 Å². The molecule has 0 aliphatic rings. The number of anilines is 1. The third kappa shape index (κ3) is 5.41. The molecule has 9 heteroatoms. The van der Waals surface area contributed by atoms with Gasteiger partial charge in [-0.1, -0.05) is 42.5 Å². The van der Waals surface area contributed by atoms with Crippen LogP contribution in [-0.4, -0.2) is 46.8 Å². The van der Waals surface area contributed by atoms with Crippen molar-refractivity contribution in [3.63, 3.8) is 0 Å². The monoisotopic (exact) mass is 417 g/mol. The van der Waals surface area contributed by atoms with E-state index in [0.717, 1.165) is 5.56 Å². The number of amides is 1. The number of nitrogens with two attached hydrogens (primary N) is 2. The Morgan fingerprint density at radius 3 is 2.45 bits per heavy atom. The lowest BCUT2D eigenvalue weighted by Crippen LogP contribution is -2.23. The van der Waals surface area contributed by atoms with E-state index in [-0.39, 0.29) is 29.3 Å². The van der Waals surface area contributed by atoms with Crippen LogP contribution in [0.1, 0.15) is 21.6 Å². The summed E-state index contributed by atoms with van der Waals surface area (Å²) in [6.45, 7) is 0.319. The van der Waals surface area contributed by atoms with Crippen LogP contribution in [0.15, 0.2) is 65.8 Å². The Hall–Kier alpha value is -4.27. The number of nitrogens with one attached hydrogen (secondary N) is 1. The number of aliphatic imine (C=N–C) groups is 1. The zero-order chi connectivity index (χ0) is 22.4. The summed E-state index contributed by atoms with van der Waals surface area (Å²) in [6.07, 6.45) is 1.49. The van der Waals surface area contributed by atoms with Crippen LogP contribution in [0.4, 0.5) is 5.82 Å². The summed E-state index contributed by atoms with van der Waals surface area (Å²) >= 11 is 0. The molecule has 0 bridgehead atoms. The van der Waals surface area contributed by atoms with Gasteiger partial charge in [0.2, 0.25) is 5.90 Å². The third-order valence-electron chi connectivity index (χ3n) is 4.32. The van der Waals surface area contributed by atoms with E-state index in [1.807, 2.05) is 30.3 Å². The number of benzene rings is 2. The number of carbonyl (C=O) groups excluding carboxylic acids is 1. The first-order valence-electron chi connectivity index (χ1n) is 9.40. The molecule has 0 radical (unpaired) electrons. The van der Waals surface area contributed by atoms with Crippen LogP contribution < -0.4 is 11.5 Å². The predicted octanol–water partition coefficient (Wildman–Crippen LogP) is 2.28. The summed E-state index contributed by atoms with van der Waals surface area (Å²) in [4.78, 5) is 26.1. The molecule has 1 aromatic heterocycles. The van der Waals surface area contributed by atoms with Gasteiger partial charge in [0.25, 0.3) is 11.9 Å². The summed E-state index contributed by atoms with van der Waals surface area (Å²) in [5.41, 5.74) is 14.4. The van der Waals surface area contributed by atoms with Gasteiger partial charge in [0.1, 0.15) is 0 Å². The molecule has 0 aliphatic carbocycles. The maximum absolute atomic E-state index is 12.0. The molecular weight excluding hydrogens is 394 g/mol. The fraction of sp³-hybridized carbons (Fsp3) is 0.136. The van der Waals surface area contributed by atoms with Crippen LogP contribution in [-0.2, 0) is 11.3 Å². The maximum atomic E-state index is 12.0. The van der Waals surface area contributed by atoms with Gasteiger partial charge in [-0.3, -0.25) is 10.2 Å². The minimum absolute atomic E-state index is 0.0315. The van der Waals surface area contributed by atoms with Crippen LogP contribution in [0.25, 0.3) is 11.3 Å². The smallest absolute Gasteiger partial charge is 0.289 e. The summed E-state index contributed by atoms with van der Waals surface area (Å²) in [7, 11) is 3.38. The summed E-state index contributed by atoms with van der Waals surface area (Å²) < 4.78 is 5.29. The van der Waals surface area contributed by atoms with E-state index >= 15 is 0 Å². The van der Waals surface area contributed by atoms with Crippen molar-refractivity contribution >= 4 is 23.6 Å². The molecule has 3 aromatic rings. The summed E-state index contributed by atoms with van der Waals surface area (Å²) in [5.74, 6) is -0.430. The van der Waals surface area contributed by atoms with Crippen molar-refractivity contribution in [1.82, 2.24) is 14.9 Å². The lowest BCUT2D eigenvalue weighted by Gasteiger charge is -2.11.